The second kappa shape index (κ2) is 6.12. The van der Waals surface area contributed by atoms with Crippen molar-refractivity contribution in [2.75, 3.05) is 11.1 Å². The summed E-state index contributed by atoms with van der Waals surface area (Å²) in [4.78, 5) is 0. The minimum Gasteiger partial charge on any atom is -0.399 e. The molecule has 2 rings (SSSR count). The molecule has 0 amide bonds. The van der Waals surface area contributed by atoms with Crippen molar-refractivity contribution in [2.24, 2.45) is 5.92 Å². The van der Waals surface area contributed by atoms with E-state index in [-0.39, 0.29) is 0 Å². The van der Waals surface area contributed by atoms with Crippen LogP contribution in [-0.4, -0.2) is 6.04 Å². The van der Waals surface area contributed by atoms with Crippen molar-refractivity contribution >= 4 is 11.4 Å². The fourth-order valence-electron chi connectivity index (χ4n) is 3.20. The SMILES string of the molecule is CCC(Nc1cc(C)cc(N)c1)C1CCCCC1. The van der Waals surface area contributed by atoms with E-state index >= 15 is 0 Å². The molecule has 1 atom stereocenters. The summed E-state index contributed by atoms with van der Waals surface area (Å²) < 4.78 is 0. The summed E-state index contributed by atoms with van der Waals surface area (Å²) >= 11 is 0. The van der Waals surface area contributed by atoms with Crippen LogP contribution in [0.2, 0.25) is 0 Å². The Morgan fingerprint density at radius 1 is 1.22 bits per heavy atom. The van der Waals surface area contributed by atoms with Gasteiger partial charge in [-0.2, -0.15) is 0 Å². The average Bonchev–Trinajstić information content (AvgIpc) is 2.36. The summed E-state index contributed by atoms with van der Waals surface area (Å²) in [5.41, 5.74) is 9.19. The maximum absolute atomic E-state index is 5.92. The Morgan fingerprint density at radius 2 is 1.94 bits per heavy atom. The van der Waals surface area contributed by atoms with Gasteiger partial charge in [0.15, 0.2) is 0 Å². The van der Waals surface area contributed by atoms with E-state index in [0.717, 1.165) is 11.6 Å². The van der Waals surface area contributed by atoms with Gasteiger partial charge >= 0.3 is 0 Å². The van der Waals surface area contributed by atoms with Crippen LogP contribution in [0.15, 0.2) is 18.2 Å². The van der Waals surface area contributed by atoms with Gasteiger partial charge in [-0.05, 0) is 55.9 Å². The largest absolute Gasteiger partial charge is 0.399 e. The maximum Gasteiger partial charge on any atom is 0.0365 e. The van der Waals surface area contributed by atoms with E-state index in [4.69, 9.17) is 5.73 Å². The third kappa shape index (κ3) is 3.41. The topological polar surface area (TPSA) is 38.0 Å². The molecule has 18 heavy (non-hydrogen) atoms. The molecule has 1 aromatic carbocycles. The Bertz CT molecular complexity index is 360. The van der Waals surface area contributed by atoms with Crippen molar-refractivity contribution in [2.45, 2.75) is 58.4 Å². The van der Waals surface area contributed by atoms with E-state index in [0.29, 0.717) is 6.04 Å². The number of anilines is 2. The van der Waals surface area contributed by atoms with Gasteiger partial charge in [-0.25, -0.2) is 0 Å². The van der Waals surface area contributed by atoms with Crippen molar-refractivity contribution in [3.63, 3.8) is 0 Å². The van der Waals surface area contributed by atoms with E-state index < -0.39 is 0 Å². The molecule has 0 aromatic heterocycles. The first-order valence-corrected chi connectivity index (χ1v) is 7.32. The number of aryl methyl sites for hydroxylation is 1. The molecule has 0 saturated heterocycles. The highest BCUT2D eigenvalue weighted by molar-refractivity contribution is 5.57. The van der Waals surface area contributed by atoms with Gasteiger partial charge in [0.25, 0.3) is 0 Å². The normalized spacial score (nSPS) is 18.6. The second-order valence-corrected chi connectivity index (χ2v) is 5.69. The highest BCUT2D eigenvalue weighted by atomic mass is 14.9. The van der Waals surface area contributed by atoms with Crippen LogP contribution < -0.4 is 11.1 Å². The van der Waals surface area contributed by atoms with Crippen molar-refractivity contribution in [3.05, 3.63) is 23.8 Å². The number of nitrogen functional groups attached to an aromatic ring is 1. The molecule has 3 N–H and O–H groups in total. The van der Waals surface area contributed by atoms with Gasteiger partial charge in [0.05, 0.1) is 0 Å². The number of hydrogen-bond acceptors (Lipinski definition) is 2. The zero-order valence-electron chi connectivity index (χ0n) is 11.7. The van der Waals surface area contributed by atoms with Gasteiger partial charge in [0.2, 0.25) is 0 Å². The average molecular weight is 246 g/mol. The van der Waals surface area contributed by atoms with Crippen LogP contribution in [0, 0.1) is 12.8 Å². The number of hydrogen-bond donors (Lipinski definition) is 2. The fraction of sp³-hybridized carbons (Fsp3) is 0.625. The third-order valence-electron chi connectivity index (χ3n) is 4.11. The molecule has 0 aliphatic heterocycles. The van der Waals surface area contributed by atoms with Crippen LogP contribution in [0.4, 0.5) is 11.4 Å². The fourth-order valence-corrected chi connectivity index (χ4v) is 3.20. The number of benzene rings is 1. The molecule has 0 heterocycles. The number of nitrogens with one attached hydrogen (secondary N) is 1. The molecule has 2 heteroatoms. The van der Waals surface area contributed by atoms with E-state index in [1.165, 1.54) is 49.8 Å². The molecule has 0 radical (unpaired) electrons. The van der Waals surface area contributed by atoms with Gasteiger partial charge in [-0.3, -0.25) is 0 Å². The summed E-state index contributed by atoms with van der Waals surface area (Å²) in [6.07, 6.45) is 8.18. The lowest BCUT2D eigenvalue weighted by atomic mass is 9.83. The summed E-state index contributed by atoms with van der Waals surface area (Å²) in [5, 5.41) is 3.70. The number of rotatable bonds is 4. The van der Waals surface area contributed by atoms with Gasteiger partial charge in [0, 0.05) is 17.4 Å². The first-order valence-electron chi connectivity index (χ1n) is 7.32. The molecule has 1 fully saturated rings. The highest BCUT2D eigenvalue weighted by Crippen LogP contribution is 2.30. The maximum atomic E-state index is 5.92. The lowest BCUT2D eigenvalue weighted by Crippen LogP contribution is -2.30. The zero-order valence-corrected chi connectivity index (χ0v) is 11.7. The summed E-state index contributed by atoms with van der Waals surface area (Å²) in [6.45, 7) is 4.38. The molecule has 2 nitrogen and oxygen atoms in total. The first kappa shape index (κ1) is 13.3. The smallest absolute Gasteiger partial charge is 0.0365 e. The molecule has 100 valence electrons. The van der Waals surface area contributed by atoms with Crippen LogP contribution in [0.25, 0.3) is 0 Å². The Kier molecular flexibility index (Phi) is 4.51. The third-order valence-corrected chi connectivity index (χ3v) is 4.11. The molecular weight excluding hydrogens is 220 g/mol. The Morgan fingerprint density at radius 3 is 2.56 bits per heavy atom. The van der Waals surface area contributed by atoms with Crippen molar-refractivity contribution in [1.82, 2.24) is 0 Å². The van der Waals surface area contributed by atoms with Crippen LogP contribution in [0.1, 0.15) is 51.0 Å². The Hall–Kier alpha value is -1.18. The molecule has 1 aliphatic carbocycles. The summed E-state index contributed by atoms with van der Waals surface area (Å²) in [7, 11) is 0. The minimum atomic E-state index is 0.603. The quantitative estimate of drug-likeness (QED) is 0.775. The minimum absolute atomic E-state index is 0.603. The van der Waals surface area contributed by atoms with Gasteiger partial charge in [0.1, 0.15) is 0 Å². The standard InChI is InChI=1S/C16H26N2/c1-3-16(13-7-5-4-6-8-13)18-15-10-12(2)9-14(17)11-15/h9-11,13,16,18H,3-8,17H2,1-2H3. The van der Waals surface area contributed by atoms with Crippen LogP contribution in [0.3, 0.4) is 0 Å². The van der Waals surface area contributed by atoms with Gasteiger partial charge in [-0.15, -0.1) is 0 Å². The van der Waals surface area contributed by atoms with Gasteiger partial charge < -0.3 is 11.1 Å². The van der Waals surface area contributed by atoms with Crippen molar-refractivity contribution in [3.8, 4) is 0 Å². The van der Waals surface area contributed by atoms with Crippen molar-refractivity contribution in [1.29, 1.82) is 0 Å². The van der Waals surface area contributed by atoms with Crippen molar-refractivity contribution < 1.29 is 0 Å². The van der Waals surface area contributed by atoms with Crippen LogP contribution in [0.5, 0.6) is 0 Å². The predicted octanol–water partition coefficient (Wildman–Crippen LogP) is 4.35. The molecule has 0 bridgehead atoms. The van der Waals surface area contributed by atoms with E-state index in [9.17, 15) is 0 Å². The molecule has 1 saturated carbocycles. The predicted molar refractivity (Wildman–Crippen MR) is 79.9 cm³/mol. The summed E-state index contributed by atoms with van der Waals surface area (Å²) in [6, 6.07) is 6.87. The van der Waals surface area contributed by atoms with Crippen LogP contribution >= 0.6 is 0 Å². The molecule has 1 unspecified atom stereocenters. The molecule has 1 aromatic rings. The number of nitrogens with two attached hydrogens (primary N) is 1. The lowest BCUT2D eigenvalue weighted by Gasteiger charge is -2.31. The van der Waals surface area contributed by atoms with E-state index in [1.807, 2.05) is 6.07 Å². The Labute approximate surface area is 111 Å². The monoisotopic (exact) mass is 246 g/mol. The van der Waals surface area contributed by atoms with Gasteiger partial charge in [-0.1, -0.05) is 26.2 Å². The Balaban J connectivity index is 2.04. The van der Waals surface area contributed by atoms with E-state index in [2.05, 4.69) is 31.3 Å². The van der Waals surface area contributed by atoms with Crippen LogP contribution in [-0.2, 0) is 0 Å². The lowest BCUT2D eigenvalue weighted by molar-refractivity contribution is 0.313. The molecule has 0 spiro atoms. The summed E-state index contributed by atoms with van der Waals surface area (Å²) in [5.74, 6) is 0.838. The molecular formula is C16H26N2. The first-order chi connectivity index (χ1) is 8.69. The van der Waals surface area contributed by atoms with E-state index in [1.54, 1.807) is 0 Å². The highest BCUT2D eigenvalue weighted by Gasteiger charge is 2.22. The second-order valence-electron chi connectivity index (χ2n) is 5.69. The molecule has 1 aliphatic rings. The zero-order chi connectivity index (χ0) is 13.0.